The van der Waals surface area contributed by atoms with Crippen LogP contribution in [0.25, 0.3) is 0 Å². The molecule has 0 radical (unpaired) electrons. The molecular weight excluding hydrogens is 126 g/mol. The zero-order chi connectivity index (χ0) is 7.28. The van der Waals surface area contributed by atoms with Crippen LogP contribution in [0.2, 0.25) is 0 Å². The van der Waals surface area contributed by atoms with Crippen LogP contribution in [0.3, 0.4) is 0 Å². The second kappa shape index (κ2) is 4.11. The first-order valence-electron chi connectivity index (χ1n) is 2.37. The molecular formula is C4H9NO4. The van der Waals surface area contributed by atoms with Crippen LogP contribution in [0, 0.1) is 0 Å². The Labute approximate surface area is 52.0 Å². The highest BCUT2D eigenvalue weighted by molar-refractivity contribution is 5.61. The number of ether oxygens (including phenoxy) is 1. The molecule has 5 nitrogen and oxygen atoms in total. The molecule has 0 bridgehead atoms. The standard InChI is InChI=1S/C3H6O2.CH3NO2/c4-1-3-2-5-3;2-1(3)4/h3-4H,1-2H2;2H2,(H,3,4). The fourth-order valence-electron chi connectivity index (χ4n) is 0.173. The number of carbonyl (C=O) groups is 1. The van der Waals surface area contributed by atoms with E-state index in [0.717, 1.165) is 6.61 Å². The summed E-state index contributed by atoms with van der Waals surface area (Å²) in [4.78, 5) is 8.78. The van der Waals surface area contributed by atoms with Crippen LogP contribution < -0.4 is 5.73 Å². The van der Waals surface area contributed by atoms with Crippen molar-refractivity contribution >= 4 is 6.09 Å². The van der Waals surface area contributed by atoms with Crippen LogP contribution in [-0.2, 0) is 4.74 Å². The predicted molar refractivity (Wildman–Crippen MR) is 29.0 cm³/mol. The highest BCUT2D eigenvalue weighted by Crippen LogP contribution is 2.04. The molecule has 0 aromatic rings. The van der Waals surface area contributed by atoms with Crippen molar-refractivity contribution in [3.63, 3.8) is 0 Å². The fourth-order valence-corrected chi connectivity index (χ4v) is 0.173. The lowest BCUT2D eigenvalue weighted by Gasteiger charge is -1.70. The van der Waals surface area contributed by atoms with Crippen LogP contribution in [0.4, 0.5) is 4.79 Å². The molecule has 0 aromatic heterocycles. The van der Waals surface area contributed by atoms with Gasteiger partial charge in [0.15, 0.2) is 0 Å². The van der Waals surface area contributed by atoms with E-state index in [1.54, 1.807) is 0 Å². The Morgan fingerprint density at radius 3 is 2.22 bits per heavy atom. The highest BCUT2D eigenvalue weighted by atomic mass is 16.6. The van der Waals surface area contributed by atoms with Gasteiger partial charge >= 0.3 is 6.09 Å². The summed E-state index contributed by atoms with van der Waals surface area (Å²) in [6.45, 7) is 0.955. The highest BCUT2D eigenvalue weighted by Gasteiger charge is 2.19. The zero-order valence-electron chi connectivity index (χ0n) is 4.78. The van der Waals surface area contributed by atoms with E-state index < -0.39 is 6.09 Å². The van der Waals surface area contributed by atoms with Crippen LogP contribution in [-0.4, -0.2) is 35.6 Å². The molecule has 1 fully saturated rings. The third-order valence-electron chi connectivity index (χ3n) is 0.606. The van der Waals surface area contributed by atoms with Crippen molar-refractivity contribution in [2.75, 3.05) is 13.2 Å². The lowest BCUT2D eigenvalue weighted by molar-refractivity contribution is 0.205. The third kappa shape index (κ3) is 11.0. The van der Waals surface area contributed by atoms with Gasteiger partial charge in [-0.05, 0) is 0 Å². The van der Waals surface area contributed by atoms with Gasteiger partial charge in [-0.15, -0.1) is 0 Å². The normalized spacial score (nSPS) is 21.7. The smallest absolute Gasteiger partial charge is 0.402 e. The molecule has 0 spiro atoms. The predicted octanol–water partition coefficient (Wildman–Crippen LogP) is -0.999. The van der Waals surface area contributed by atoms with Gasteiger partial charge in [-0.1, -0.05) is 0 Å². The Kier molecular flexibility index (Phi) is 3.74. The molecule has 54 valence electrons. The summed E-state index contributed by atoms with van der Waals surface area (Å²) in [5.74, 6) is 0. The molecule has 1 aliphatic heterocycles. The average Bonchev–Trinajstić information content (AvgIpc) is 2.43. The Morgan fingerprint density at radius 1 is 1.89 bits per heavy atom. The molecule has 0 aromatic carbocycles. The molecule has 0 aliphatic carbocycles. The number of aliphatic hydroxyl groups is 1. The van der Waals surface area contributed by atoms with E-state index in [-0.39, 0.29) is 12.7 Å². The van der Waals surface area contributed by atoms with Gasteiger partial charge in [0, 0.05) is 0 Å². The summed E-state index contributed by atoms with van der Waals surface area (Å²) >= 11 is 0. The maximum Gasteiger partial charge on any atom is 0.402 e. The number of primary amides is 1. The average molecular weight is 135 g/mol. The van der Waals surface area contributed by atoms with Crippen molar-refractivity contribution in [3.8, 4) is 0 Å². The summed E-state index contributed by atoms with van der Waals surface area (Å²) in [7, 11) is 0. The van der Waals surface area contributed by atoms with Gasteiger partial charge in [0.2, 0.25) is 0 Å². The number of hydrogen-bond acceptors (Lipinski definition) is 3. The van der Waals surface area contributed by atoms with E-state index in [0.29, 0.717) is 0 Å². The van der Waals surface area contributed by atoms with Crippen molar-refractivity contribution < 1.29 is 19.7 Å². The van der Waals surface area contributed by atoms with Crippen LogP contribution in [0.1, 0.15) is 0 Å². The molecule has 1 atom stereocenters. The topological polar surface area (TPSA) is 96.1 Å². The molecule has 1 rings (SSSR count). The van der Waals surface area contributed by atoms with Crippen molar-refractivity contribution in [1.82, 2.24) is 0 Å². The van der Waals surface area contributed by atoms with Gasteiger partial charge in [0.1, 0.15) is 6.10 Å². The maximum absolute atomic E-state index is 8.78. The lowest BCUT2D eigenvalue weighted by Crippen LogP contribution is -2.03. The molecule has 4 N–H and O–H groups in total. The Balaban J connectivity index is 0.000000148. The van der Waals surface area contributed by atoms with E-state index >= 15 is 0 Å². The monoisotopic (exact) mass is 135 g/mol. The fraction of sp³-hybridized carbons (Fsp3) is 0.750. The van der Waals surface area contributed by atoms with Crippen molar-refractivity contribution in [1.29, 1.82) is 0 Å². The summed E-state index contributed by atoms with van der Waals surface area (Å²) in [6.07, 6.45) is -1.14. The molecule has 5 heteroatoms. The van der Waals surface area contributed by atoms with Gasteiger partial charge in [-0.3, -0.25) is 0 Å². The van der Waals surface area contributed by atoms with E-state index in [1.165, 1.54) is 0 Å². The van der Waals surface area contributed by atoms with Gasteiger partial charge in [-0.25, -0.2) is 4.79 Å². The van der Waals surface area contributed by atoms with E-state index in [1.807, 2.05) is 0 Å². The van der Waals surface area contributed by atoms with Gasteiger partial charge in [0.05, 0.1) is 13.2 Å². The summed E-state index contributed by atoms with van der Waals surface area (Å²) in [5, 5.41) is 15.3. The van der Waals surface area contributed by atoms with Gasteiger partial charge < -0.3 is 20.7 Å². The largest absolute Gasteiger partial charge is 0.465 e. The quantitative estimate of drug-likeness (QED) is 0.402. The van der Waals surface area contributed by atoms with Crippen LogP contribution in [0.5, 0.6) is 0 Å². The minimum atomic E-state index is -1.33. The zero-order valence-corrected chi connectivity index (χ0v) is 4.78. The number of nitrogens with two attached hydrogens (primary N) is 1. The second-order valence-corrected chi connectivity index (χ2v) is 1.48. The van der Waals surface area contributed by atoms with Gasteiger partial charge in [-0.2, -0.15) is 0 Å². The molecule has 1 unspecified atom stereocenters. The summed E-state index contributed by atoms with van der Waals surface area (Å²) in [6, 6.07) is 0. The minimum Gasteiger partial charge on any atom is -0.465 e. The molecule has 9 heavy (non-hydrogen) atoms. The number of epoxide rings is 1. The van der Waals surface area contributed by atoms with Crippen LogP contribution >= 0.6 is 0 Å². The lowest BCUT2D eigenvalue weighted by atomic mass is 10.5. The van der Waals surface area contributed by atoms with Gasteiger partial charge in [0.25, 0.3) is 0 Å². The minimum absolute atomic E-state index is 0.190. The first-order valence-corrected chi connectivity index (χ1v) is 2.37. The molecule has 1 saturated heterocycles. The Morgan fingerprint density at radius 2 is 2.22 bits per heavy atom. The first kappa shape index (κ1) is 8.19. The number of amides is 1. The summed E-state index contributed by atoms with van der Waals surface area (Å²) < 4.78 is 4.61. The number of aliphatic hydroxyl groups excluding tert-OH is 1. The third-order valence-corrected chi connectivity index (χ3v) is 0.606. The van der Waals surface area contributed by atoms with E-state index in [2.05, 4.69) is 10.5 Å². The number of hydrogen-bond donors (Lipinski definition) is 3. The summed E-state index contributed by atoms with van der Waals surface area (Å²) in [5.41, 5.74) is 4.03. The second-order valence-electron chi connectivity index (χ2n) is 1.48. The number of rotatable bonds is 1. The van der Waals surface area contributed by atoms with Crippen molar-refractivity contribution in [3.05, 3.63) is 0 Å². The molecule has 0 saturated carbocycles. The SMILES string of the molecule is NC(=O)O.OCC1CO1. The molecule has 1 heterocycles. The Bertz CT molecular complexity index is 86.6. The van der Waals surface area contributed by atoms with Crippen LogP contribution in [0.15, 0.2) is 0 Å². The maximum atomic E-state index is 8.78. The Hall–Kier alpha value is -0.810. The van der Waals surface area contributed by atoms with E-state index in [4.69, 9.17) is 15.0 Å². The number of carboxylic acid groups (broad SMARTS) is 1. The van der Waals surface area contributed by atoms with E-state index in [9.17, 15) is 0 Å². The van der Waals surface area contributed by atoms with Crippen molar-refractivity contribution in [2.45, 2.75) is 6.10 Å². The first-order chi connectivity index (χ1) is 4.16. The van der Waals surface area contributed by atoms with Crippen molar-refractivity contribution in [2.24, 2.45) is 5.73 Å². The molecule has 1 aliphatic rings. The molecule has 1 amide bonds.